The maximum Gasteiger partial charge on any atom is 0.132 e. The molecule has 0 unspecified atom stereocenters. The van der Waals surface area contributed by atoms with Crippen LogP contribution in [0.4, 0.5) is 10.2 Å². The predicted molar refractivity (Wildman–Crippen MR) is 115 cm³/mol. The molecule has 0 atom stereocenters. The van der Waals surface area contributed by atoms with Crippen molar-refractivity contribution in [3.63, 3.8) is 0 Å². The molecular formula is C25H31FN4. The van der Waals surface area contributed by atoms with Crippen LogP contribution in [0.15, 0.2) is 30.6 Å². The van der Waals surface area contributed by atoms with Gasteiger partial charge < -0.3 is 5.32 Å². The van der Waals surface area contributed by atoms with Gasteiger partial charge in [0.2, 0.25) is 0 Å². The van der Waals surface area contributed by atoms with E-state index in [0.717, 1.165) is 67.4 Å². The molecule has 4 nitrogen and oxygen atoms in total. The molecule has 158 valence electrons. The van der Waals surface area contributed by atoms with Gasteiger partial charge in [-0.05, 0) is 85.8 Å². The molecule has 30 heavy (non-hydrogen) atoms. The molecule has 0 radical (unpaired) electrons. The summed E-state index contributed by atoms with van der Waals surface area (Å²) in [5, 5.41) is 3.78. The third-order valence-electron chi connectivity index (χ3n) is 8.18. The Labute approximate surface area is 178 Å². The van der Waals surface area contributed by atoms with E-state index in [9.17, 15) is 4.39 Å². The minimum atomic E-state index is -0.164. The first kappa shape index (κ1) is 18.7. The fourth-order valence-electron chi connectivity index (χ4n) is 7.37. The van der Waals surface area contributed by atoms with Crippen molar-refractivity contribution in [3.8, 4) is 0 Å². The second-order valence-corrected chi connectivity index (χ2v) is 10.5. The standard InChI is InChI=1S/C25H31FN4/c26-21-3-1-2-17(9-21)13-30-5-4-22-23(14-30)28-16-29-24(22)27-15-25-10-18-6-19(11-25)8-20(7-18)12-25/h1-3,9,16,18-20H,4-8,10-15H2,(H,27,28,29). The molecule has 2 aromatic rings. The SMILES string of the molecule is Fc1cccc(CN2CCc3c(ncnc3NCC34CC5CC(CC(C5)C3)C4)C2)c1. The van der Waals surface area contributed by atoms with Gasteiger partial charge in [0.25, 0.3) is 0 Å². The Morgan fingerprint density at radius 1 is 1.07 bits per heavy atom. The lowest BCUT2D eigenvalue weighted by molar-refractivity contribution is -0.0444. The smallest absolute Gasteiger partial charge is 0.132 e. The van der Waals surface area contributed by atoms with Gasteiger partial charge in [0.1, 0.15) is 18.0 Å². The Kier molecular flexibility index (Phi) is 4.56. The van der Waals surface area contributed by atoms with Gasteiger partial charge in [-0.25, -0.2) is 14.4 Å². The molecular weight excluding hydrogens is 375 g/mol. The average molecular weight is 407 g/mol. The van der Waals surface area contributed by atoms with Crippen LogP contribution < -0.4 is 5.32 Å². The maximum atomic E-state index is 13.5. The lowest BCUT2D eigenvalue weighted by Crippen LogP contribution is -2.49. The molecule has 7 rings (SSSR count). The van der Waals surface area contributed by atoms with Gasteiger partial charge in [-0.3, -0.25) is 4.90 Å². The van der Waals surface area contributed by atoms with Crippen LogP contribution in [-0.4, -0.2) is 28.0 Å². The number of benzene rings is 1. The summed E-state index contributed by atoms with van der Waals surface area (Å²) in [6.45, 7) is 3.60. The van der Waals surface area contributed by atoms with Crippen LogP contribution in [0.3, 0.4) is 0 Å². The molecule has 1 aromatic carbocycles. The molecule has 4 fully saturated rings. The van der Waals surface area contributed by atoms with Crippen LogP contribution in [0, 0.1) is 29.0 Å². The molecule has 4 bridgehead atoms. The van der Waals surface area contributed by atoms with Crippen LogP contribution in [0.1, 0.15) is 55.3 Å². The summed E-state index contributed by atoms with van der Waals surface area (Å²) >= 11 is 0. The topological polar surface area (TPSA) is 41.1 Å². The summed E-state index contributed by atoms with van der Waals surface area (Å²) in [5.74, 6) is 3.83. The van der Waals surface area contributed by atoms with Gasteiger partial charge in [-0.2, -0.15) is 0 Å². The van der Waals surface area contributed by atoms with Crippen LogP contribution in [-0.2, 0) is 19.5 Å². The highest BCUT2D eigenvalue weighted by Gasteiger charge is 2.50. The van der Waals surface area contributed by atoms with Gasteiger partial charge in [0.15, 0.2) is 0 Å². The van der Waals surface area contributed by atoms with E-state index < -0.39 is 0 Å². The Morgan fingerprint density at radius 2 is 1.83 bits per heavy atom. The highest BCUT2D eigenvalue weighted by Crippen LogP contribution is 2.59. The Bertz CT molecular complexity index is 907. The van der Waals surface area contributed by atoms with Gasteiger partial charge in [0.05, 0.1) is 5.69 Å². The number of hydrogen-bond donors (Lipinski definition) is 1. The van der Waals surface area contributed by atoms with E-state index in [-0.39, 0.29) is 5.82 Å². The van der Waals surface area contributed by atoms with Gasteiger partial charge in [-0.1, -0.05) is 12.1 Å². The van der Waals surface area contributed by atoms with E-state index >= 15 is 0 Å². The number of anilines is 1. The third-order valence-corrected chi connectivity index (χ3v) is 8.18. The number of nitrogens with one attached hydrogen (secondary N) is 1. The van der Waals surface area contributed by atoms with E-state index in [1.807, 2.05) is 6.07 Å². The molecule has 1 aromatic heterocycles. The molecule has 5 heteroatoms. The van der Waals surface area contributed by atoms with E-state index in [1.165, 1.54) is 50.2 Å². The predicted octanol–water partition coefficient (Wildman–Crippen LogP) is 4.80. The maximum absolute atomic E-state index is 13.5. The normalized spacial score (nSPS) is 32.2. The minimum Gasteiger partial charge on any atom is -0.369 e. The van der Waals surface area contributed by atoms with Crippen LogP contribution in [0.5, 0.6) is 0 Å². The summed E-state index contributed by atoms with van der Waals surface area (Å²) in [5.41, 5.74) is 3.94. The van der Waals surface area contributed by atoms with Crippen molar-refractivity contribution in [1.82, 2.24) is 14.9 Å². The van der Waals surface area contributed by atoms with Gasteiger partial charge >= 0.3 is 0 Å². The van der Waals surface area contributed by atoms with Crippen molar-refractivity contribution in [2.24, 2.45) is 23.2 Å². The number of fused-ring (bicyclic) bond motifs is 1. The second-order valence-electron chi connectivity index (χ2n) is 10.5. The lowest BCUT2D eigenvalue weighted by atomic mass is 9.49. The molecule has 4 saturated carbocycles. The Balaban J connectivity index is 1.14. The molecule has 1 aliphatic heterocycles. The van der Waals surface area contributed by atoms with Crippen molar-refractivity contribution in [1.29, 1.82) is 0 Å². The van der Waals surface area contributed by atoms with E-state index in [4.69, 9.17) is 0 Å². The number of hydrogen-bond acceptors (Lipinski definition) is 4. The zero-order valence-corrected chi connectivity index (χ0v) is 17.6. The molecule has 0 saturated heterocycles. The monoisotopic (exact) mass is 406 g/mol. The largest absolute Gasteiger partial charge is 0.369 e. The average Bonchev–Trinajstić information content (AvgIpc) is 2.71. The first-order valence-corrected chi connectivity index (χ1v) is 11.7. The summed E-state index contributed by atoms with van der Waals surface area (Å²) in [4.78, 5) is 11.6. The molecule has 1 N–H and O–H groups in total. The summed E-state index contributed by atoms with van der Waals surface area (Å²) < 4.78 is 13.5. The number of nitrogens with zero attached hydrogens (tertiary/aromatic N) is 3. The quantitative estimate of drug-likeness (QED) is 0.774. The number of halogens is 1. The first-order valence-electron chi connectivity index (χ1n) is 11.7. The fourth-order valence-corrected chi connectivity index (χ4v) is 7.37. The van der Waals surface area contributed by atoms with Crippen molar-refractivity contribution in [2.75, 3.05) is 18.4 Å². The molecule has 0 amide bonds. The number of aromatic nitrogens is 2. The molecule has 2 heterocycles. The fraction of sp³-hybridized carbons (Fsp3) is 0.600. The second kappa shape index (κ2) is 7.30. The zero-order chi connectivity index (χ0) is 20.1. The third kappa shape index (κ3) is 3.51. The molecule has 4 aliphatic carbocycles. The van der Waals surface area contributed by atoms with E-state index in [0.29, 0.717) is 5.41 Å². The summed E-state index contributed by atoms with van der Waals surface area (Å²) in [6.07, 6.45) is 11.4. The summed E-state index contributed by atoms with van der Waals surface area (Å²) in [6, 6.07) is 6.92. The van der Waals surface area contributed by atoms with E-state index in [2.05, 4.69) is 20.2 Å². The zero-order valence-electron chi connectivity index (χ0n) is 17.6. The molecule has 5 aliphatic rings. The van der Waals surface area contributed by atoms with Crippen LogP contribution in [0.2, 0.25) is 0 Å². The highest BCUT2D eigenvalue weighted by atomic mass is 19.1. The summed E-state index contributed by atoms with van der Waals surface area (Å²) in [7, 11) is 0. The van der Waals surface area contributed by atoms with E-state index in [1.54, 1.807) is 18.5 Å². The van der Waals surface area contributed by atoms with Crippen LogP contribution >= 0.6 is 0 Å². The Morgan fingerprint density at radius 3 is 2.57 bits per heavy atom. The minimum absolute atomic E-state index is 0.164. The van der Waals surface area contributed by atoms with Crippen molar-refractivity contribution < 1.29 is 4.39 Å². The Hall–Kier alpha value is -2.01. The van der Waals surface area contributed by atoms with Gasteiger partial charge in [-0.15, -0.1) is 0 Å². The number of rotatable bonds is 5. The highest BCUT2D eigenvalue weighted by molar-refractivity contribution is 5.47. The van der Waals surface area contributed by atoms with Crippen molar-refractivity contribution in [2.45, 2.75) is 58.0 Å². The van der Waals surface area contributed by atoms with Crippen molar-refractivity contribution in [3.05, 3.63) is 53.2 Å². The lowest BCUT2D eigenvalue weighted by Gasteiger charge is -2.57. The van der Waals surface area contributed by atoms with Gasteiger partial charge in [0, 0.05) is 31.7 Å². The van der Waals surface area contributed by atoms with Crippen LogP contribution in [0.25, 0.3) is 0 Å². The van der Waals surface area contributed by atoms with Crippen molar-refractivity contribution >= 4 is 5.82 Å². The molecule has 0 spiro atoms. The first-order chi connectivity index (χ1) is 14.6.